The largest absolute Gasteiger partial charge is 0.360 e. The highest BCUT2D eigenvalue weighted by atomic mass is 32.2. The van der Waals surface area contributed by atoms with Crippen LogP contribution in [0.3, 0.4) is 0 Å². The zero-order chi connectivity index (χ0) is 20.8. The molecule has 0 radical (unpaired) electrons. The number of carbonyl (C=O) groups is 1. The van der Waals surface area contributed by atoms with Crippen LogP contribution in [0.5, 0.6) is 0 Å². The zero-order valence-corrected chi connectivity index (χ0v) is 19.4. The van der Waals surface area contributed by atoms with Crippen molar-refractivity contribution in [2.24, 2.45) is 0 Å². The lowest BCUT2D eigenvalue weighted by molar-refractivity contribution is -0.115. The minimum atomic E-state index is -0.0582. The second-order valence-electron chi connectivity index (χ2n) is 6.23. The molecule has 3 aromatic heterocycles. The fourth-order valence-corrected chi connectivity index (χ4v) is 6.06. The lowest BCUT2D eigenvalue weighted by Crippen LogP contribution is -2.22. The quantitative estimate of drug-likeness (QED) is 0.315. The number of thiazole rings is 1. The van der Waals surface area contributed by atoms with Crippen LogP contribution in [0.15, 0.2) is 57.6 Å². The van der Waals surface area contributed by atoms with E-state index in [-0.39, 0.29) is 5.91 Å². The Kier molecular flexibility index (Phi) is 7.11. The molecule has 0 saturated carbocycles. The number of aromatic nitrogens is 3. The van der Waals surface area contributed by atoms with Gasteiger partial charge >= 0.3 is 0 Å². The number of anilines is 3. The maximum Gasteiger partial charge on any atom is 0.230 e. The third-order valence-electron chi connectivity index (χ3n) is 4.04. The van der Waals surface area contributed by atoms with Gasteiger partial charge in [-0.15, -0.1) is 32.9 Å². The summed E-state index contributed by atoms with van der Waals surface area (Å²) in [5, 5.41) is 17.4. The number of para-hydroxylation sites is 1. The van der Waals surface area contributed by atoms with Gasteiger partial charge in [-0.1, -0.05) is 47.4 Å². The summed E-state index contributed by atoms with van der Waals surface area (Å²) in [6, 6.07) is 13.8. The molecule has 30 heavy (non-hydrogen) atoms. The minimum Gasteiger partial charge on any atom is -0.360 e. The number of benzene rings is 1. The van der Waals surface area contributed by atoms with E-state index in [0.29, 0.717) is 10.9 Å². The SMILES string of the molecule is CC(=O)N(c1ccccc1)c1nc(CSc2nnc(NCCc3cccs3)s2)cs1. The number of amides is 1. The number of hydrogen-bond donors (Lipinski definition) is 1. The molecule has 1 aromatic carbocycles. The van der Waals surface area contributed by atoms with E-state index in [1.54, 1.807) is 46.3 Å². The number of nitrogens with one attached hydrogen (secondary N) is 1. The van der Waals surface area contributed by atoms with Gasteiger partial charge in [0.2, 0.25) is 11.0 Å². The minimum absolute atomic E-state index is 0.0582. The maximum absolute atomic E-state index is 12.2. The number of thiophene rings is 1. The normalized spacial score (nSPS) is 10.8. The van der Waals surface area contributed by atoms with Crippen LogP contribution in [-0.2, 0) is 17.0 Å². The number of rotatable bonds is 9. The van der Waals surface area contributed by atoms with E-state index in [1.165, 1.54) is 16.2 Å². The Balaban J connectivity index is 1.32. The van der Waals surface area contributed by atoms with Gasteiger partial charge in [-0.25, -0.2) is 4.98 Å². The van der Waals surface area contributed by atoms with E-state index in [1.807, 2.05) is 35.7 Å². The molecule has 10 heteroatoms. The number of thioether (sulfide) groups is 1. The third kappa shape index (κ3) is 5.45. The molecule has 0 fully saturated rings. The number of carbonyl (C=O) groups excluding carboxylic acids is 1. The molecule has 0 aliphatic carbocycles. The van der Waals surface area contributed by atoms with Crippen molar-refractivity contribution in [3.05, 3.63) is 63.8 Å². The van der Waals surface area contributed by atoms with Gasteiger partial charge in [-0.05, 0) is 30.0 Å². The average molecular weight is 474 g/mol. The van der Waals surface area contributed by atoms with E-state index < -0.39 is 0 Å². The Morgan fingerprint density at radius 1 is 1.13 bits per heavy atom. The average Bonchev–Trinajstić information content (AvgIpc) is 3.50. The van der Waals surface area contributed by atoms with Crippen LogP contribution >= 0.6 is 45.8 Å². The van der Waals surface area contributed by atoms with Crippen LogP contribution in [0.4, 0.5) is 16.0 Å². The van der Waals surface area contributed by atoms with Crippen molar-refractivity contribution in [1.82, 2.24) is 15.2 Å². The van der Waals surface area contributed by atoms with Crippen LogP contribution in [0.1, 0.15) is 17.5 Å². The summed E-state index contributed by atoms with van der Waals surface area (Å²) in [4.78, 5) is 19.8. The fraction of sp³-hybridized carbons (Fsp3) is 0.200. The van der Waals surface area contributed by atoms with Crippen molar-refractivity contribution < 1.29 is 4.79 Å². The lowest BCUT2D eigenvalue weighted by Gasteiger charge is -2.17. The predicted octanol–water partition coefficient (Wildman–Crippen LogP) is 5.69. The van der Waals surface area contributed by atoms with Crippen LogP contribution < -0.4 is 10.2 Å². The van der Waals surface area contributed by atoms with Gasteiger partial charge in [0.1, 0.15) is 0 Å². The summed E-state index contributed by atoms with van der Waals surface area (Å²) in [7, 11) is 0. The molecular formula is C20H19N5OS4. The molecular weight excluding hydrogens is 455 g/mol. The summed E-state index contributed by atoms with van der Waals surface area (Å²) < 4.78 is 0.898. The molecule has 6 nitrogen and oxygen atoms in total. The Morgan fingerprint density at radius 2 is 2.00 bits per heavy atom. The molecule has 154 valence electrons. The molecule has 0 bridgehead atoms. The summed E-state index contributed by atoms with van der Waals surface area (Å²) >= 11 is 6.38. The van der Waals surface area contributed by atoms with Crippen molar-refractivity contribution in [3.8, 4) is 0 Å². The molecule has 0 spiro atoms. The van der Waals surface area contributed by atoms with Gasteiger partial charge in [-0.2, -0.15) is 0 Å². The standard InChI is InChI=1S/C20H19N5OS4/c1-14(26)25(16-6-3-2-4-7-16)19-22-15(12-28-19)13-29-20-24-23-18(30-20)21-10-9-17-8-5-11-27-17/h2-8,11-12H,9-10,13H2,1H3,(H,21,23). The Hall–Kier alpha value is -2.27. The third-order valence-corrected chi connectivity index (χ3v) is 7.90. The molecule has 0 aliphatic heterocycles. The van der Waals surface area contributed by atoms with Crippen LogP contribution in [0.2, 0.25) is 0 Å². The van der Waals surface area contributed by atoms with E-state index in [2.05, 4.69) is 38.0 Å². The first-order valence-corrected chi connectivity index (χ1v) is 12.8. The molecule has 0 aliphatic rings. The first-order chi connectivity index (χ1) is 14.7. The predicted molar refractivity (Wildman–Crippen MR) is 127 cm³/mol. The highest BCUT2D eigenvalue weighted by Gasteiger charge is 2.18. The van der Waals surface area contributed by atoms with Gasteiger partial charge in [0.15, 0.2) is 9.47 Å². The lowest BCUT2D eigenvalue weighted by atomic mass is 10.3. The molecule has 1 amide bonds. The molecule has 0 saturated heterocycles. The summed E-state index contributed by atoms with van der Waals surface area (Å²) in [6.45, 7) is 2.40. The Labute approximate surface area is 191 Å². The fourth-order valence-electron chi connectivity index (χ4n) is 2.69. The molecule has 3 heterocycles. The number of nitrogens with zero attached hydrogens (tertiary/aromatic N) is 4. The van der Waals surface area contributed by atoms with Crippen molar-refractivity contribution in [2.75, 3.05) is 16.8 Å². The Bertz CT molecular complexity index is 1080. The molecule has 1 N–H and O–H groups in total. The van der Waals surface area contributed by atoms with E-state index >= 15 is 0 Å². The van der Waals surface area contributed by atoms with Gasteiger partial charge in [-0.3, -0.25) is 9.69 Å². The smallest absolute Gasteiger partial charge is 0.230 e. The van der Waals surface area contributed by atoms with E-state index in [4.69, 9.17) is 0 Å². The number of hydrogen-bond acceptors (Lipinski definition) is 9. The summed E-state index contributed by atoms with van der Waals surface area (Å²) in [5.41, 5.74) is 1.74. The summed E-state index contributed by atoms with van der Waals surface area (Å²) in [5.74, 6) is 0.623. The van der Waals surface area contributed by atoms with Gasteiger partial charge in [0.05, 0.1) is 11.4 Å². The maximum atomic E-state index is 12.2. The highest BCUT2D eigenvalue weighted by Crippen LogP contribution is 2.32. The molecule has 4 rings (SSSR count). The monoisotopic (exact) mass is 473 g/mol. The van der Waals surface area contributed by atoms with E-state index in [0.717, 1.165) is 33.8 Å². The molecule has 0 unspecified atom stereocenters. The second-order valence-corrected chi connectivity index (χ2v) is 10.3. The van der Waals surface area contributed by atoms with Crippen molar-refractivity contribution in [2.45, 2.75) is 23.4 Å². The molecule has 4 aromatic rings. The first kappa shape index (κ1) is 21.0. The van der Waals surface area contributed by atoms with Crippen LogP contribution in [0, 0.1) is 0 Å². The van der Waals surface area contributed by atoms with Crippen LogP contribution in [-0.4, -0.2) is 27.6 Å². The molecule has 0 atom stereocenters. The van der Waals surface area contributed by atoms with Crippen molar-refractivity contribution in [3.63, 3.8) is 0 Å². The first-order valence-electron chi connectivity index (χ1n) is 9.22. The van der Waals surface area contributed by atoms with E-state index in [9.17, 15) is 4.79 Å². The van der Waals surface area contributed by atoms with Crippen molar-refractivity contribution >= 4 is 67.6 Å². The highest BCUT2D eigenvalue weighted by molar-refractivity contribution is 8.00. The van der Waals surface area contributed by atoms with Crippen LogP contribution in [0.25, 0.3) is 0 Å². The van der Waals surface area contributed by atoms with Gasteiger partial charge in [0, 0.05) is 29.5 Å². The second kappa shape index (κ2) is 10.2. The van der Waals surface area contributed by atoms with Gasteiger partial charge in [0.25, 0.3) is 0 Å². The Morgan fingerprint density at radius 3 is 2.77 bits per heavy atom. The van der Waals surface area contributed by atoms with Gasteiger partial charge < -0.3 is 5.32 Å². The zero-order valence-electron chi connectivity index (χ0n) is 16.1. The van der Waals surface area contributed by atoms with Crippen molar-refractivity contribution in [1.29, 1.82) is 0 Å². The summed E-state index contributed by atoms with van der Waals surface area (Å²) in [6.07, 6.45) is 0.982. The topological polar surface area (TPSA) is 71.0 Å².